The maximum atomic E-state index is 12.1. The first-order valence-corrected chi connectivity index (χ1v) is 8.30. The van der Waals surface area contributed by atoms with Gasteiger partial charge in [0.05, 0.1) is 11.3 Å². The van der Waals surface area contributed by atoms with Crippen LogP contribution in [0.2, 0.25) is 0 Å². The topological polar surface area (TPSA) is 125 Å². The van der Waals surface area contributed by atoms with E-state index in [9.17, 15) is 14.9 Å². The summed E-state index contributed by atoms with van der Waals surface area (Å²) < 4.78 is 0. The molecule has 1 aliphatic heterocycles. The molecule has 2 amide bonds. The van der Waals surface area contributed by atoms with Crippen molar-refractivity contribution in [2.75, 3.05) is 18.0 Å². The Bertz CT molecular complexity index is 778. The van der Waals surface area contributed by atoms with E-state index in [-0.39, 0.29) is 17.0 Å². The Kier molecular flexibility index (Phi) is 4.65. The molecule has 3 rings (SSSR count). The van der Waals surface area contributed by atoms with Crippen molar-refractivity contribution < 1.29 is 9.59 Å². The van der Waals surface area contributed by atoms with Crippen molar-refractivity contribution >= 4 is 23.1 Å². The van der Waals surface area contributed by atoms with Crippen LogP contribution in [0.25, 0.3) is 5.57 Å². The lowest BCUT2D eigenvalue weighted by atomic mass is 10.0. The van der Waals surface area contributed by atoms with Crippen LogP contribution >= 0.6 is 0 Å². The molecule has 0 aromatic carbocycles. The summed E-state index contributed by atoms with van der Waals surface area (Å²) in [5.41, 5.74) is 6.72. The predicted octanol–water partition coefficient (Wildman–Crippen LogP) is 0.547. The molecule has 0 spiro atoms. The van der Waals surface area contributed by atoms with Crippen LogP contribution in [-0.4, -0.2) is 35.1 Å². The number of nitriles is 1. The molecule has 25 heavy (non-hydrogen) atoms. The number of amides is 2. The van der Waals surface area contributed by atoms with Gasteiger partial charge in [-0.15, -0.1) is 10.2 Å². The quantitative estimate of drug-likeness (QED) is 0.767. The van der Waals surface area contributed by atoms with E-state index in [1.54, 1.807) is 6.07 Å². The molecule has 1 unspecified atom stereocenters. The summed E-state index contributed by atoms with van der Waals surface area (Å²) in [7, 11) is 0. The molecule has 2 aliphatic rings. The molecule has 2 heterocycles. The molecule has 0 bridgehead atoms. The Morgan fingerprint density at radius 1 is 1.36 bits per heavy atom. The molecule has 8 nitrogen and oxygen atoms in total. The molecule has 130 valence electrons. The molecular formula is C17H20N6O2. The predicted molar refractivity (Wildman–Crippen MR) is 90.8 cm³/mol. The Balaban J connectivity index is 1.88. The van der Waals surface area contributed by atoms with Crippen molar-refractivity contribution in [1.29, 1.82) is 5.26 Å². The van der Waals surface area contributed by atoms with E-state index in [2.05, 4.69) is 26.5 Å². The third kappa shape index (κ3) is 3.60. The van der Waals surface area contributed by atoms with Gasteiger partial charge in [0.1, 0.15) is 11.8 Å². The third-order valence-corrected chi connectivity index (χ3v) is 4.71. The van der Waals surface area contributed by atoms with Crippen LogP contribution in [0.15, 0.2) is 12.3 Å². The number of hydrogen-bond donors (Lipinski definition) is 2. The molecule has 8 heteroatoms. The minimum absolute atomic E-state index is 0.0476. The number of carbonyl (C=O) groups excluding carboxylic acids is 2. The molecule has 1 aromatic heterocycles. The van der Waals surface area contributed by atoms with Crippen molar-refractivity contribution in [2.45, 2.75) is 26.2 Å². The first-order chi connectivity index (χ1) is 12.0. The van der Waals surface area contributed by atoms with Crippen LogP contribution in [0.5, 0.6) is 0 Å². The summed E-state index contributed by atoms with van der Waals surface area (Å²) in [5.74, 6) is 0.314. The first-order valence-electron chi connectivity index (χ1n) is 8.30. The van der Waals surface area contributed by atoms with E-state index in [4.69, 9.17) is 5.73 Å². The van der Waals surface area contributed by atoms with Gasteiger partial charge in [-0.1, -0.05) is 0 Å². The lowest BCUT2D eigenvalue weighted by Gasteiger charge is -2.20. The van der Waals surface area contributed by atoms with Crippen LogP contribution in [0, 0.1) is 23.2 Å². The van der Waals surface area contributed by atoms with Crippen molar-refractivity contribution in [3.8, 4) is 6.07 Å². The van der Waals surface area contributed by atoms with E-state index in [0.29, 0.717) is 11.6 Å². The lowest BCUT2D eigenvalue weighted by molar-refractivity contribution is -0.126. The SMILES string of the molecule is CC(=O)NC(=O)/C(=C\N)c1cc(N2CCC(C3CC3)C2)c(C#N)nn1. The Hall–Kier alpha value is -2.95. The summed E-state index contributed by atoms with van der Waals surface area (Å²) >= 11 is 0. The number of rotatable bonds is 4. The molecular weight excluding hydrogens is 320 g/mol. The van der Waals surface area contributed by atoms with Crippen LogP contribution in [0.3, 0.4) is 0 Å². The number of carbonyl (C=O) groups is 2. The minimum atomic E-state index is -0.641. The highest BCUT2D eigenvalue weighted by atomic mass is 16.2. The van der Waals surface area contributed by atoms with E-state index >= 15 is 0 Å². The Morgan fingerprint density at radius 3 is 2.72 bits per heavy atom. The fraction of sp³-hybridized carbons (Fsp3) is 0.471. The molecule has 2 fully saturated rings. The highest BCUT2D eigenvalue weighted by molar-refractivity contribution is 6.23. The van der Waals surface area contributed by atoms with Crippen LogP contribution in [0.1, 0.15) is 37.6 Å². The normalized spacial score (nSPS) is 20.2. The molecule has 1 aromatic rings. The fourth-order valence-corrected chi connectivity index (χ4v) is 3.30. The van der Waals surface area contributed by atoms with Gasteiger partial charge in [-0.3, -0.25) is 14.9 Å². The monoisotopic (exact) mass is 340 g/mol. The van der Waals surface area contributed by atoms with Crippen molar-refractivity contribution in [3.63, 3.8) is 0 Å². The van der Waals surface area contributed by atoms with Crippen LogP contribution in [0.4, 0.5) is 5.69 Å². The van der Waals surface area contributed by atoms with Crippen molar-refractivity contribution in [3.05, 3.63) is 23.7 Å². The van der Waals surface area contributed by atoms with Crippen molar-refractivity contribution in [2.24, 2.45) is 17.6 Å². The number of nitrogens with two attached hydrogens (primary N) is 1. The Morgan fingerprint density at radius 2 is 2.12 bits per heavy atom. The number of aromatic nitrogens is 2. The van der Waals surface area contributed by atoms with Gasteiger partial charge in [0, 0.05) is 26.2 Å². The largest absolute Gasteiger partial charge is 0.404 e. The second kappa shape index (κ2) is 6.89. The number of imide groups is 1. The standard InChI is InChI=1S/C17H20N6O2/c1-10(24)20-17(25)13(7-18)14-6-16(15(8-19)22-21-14)23-5-4-12(9-23)11-2-3-11/h6-7,11-12H,2-5,9,18H2,1H3,(H,20,24,25)/b13-7-. The molecule has 1 saturated heterocycles. The van der Waals surface area contributed by atoms with E-state index < -0.39 is 11.8 Å². The summed E-state index contributed by atoms with van der Waals surface area (Å²) in [6, 6.07) is 3.71. The van der Waals surface area contributed by atoms with Gasteiger partial charge in [-0.25, -0.2) is 0 Å². The zero-order valence-electron chi connectivity index (χ0n) is 14.0. The minimum Gasteiger partial charge on any atom is -0.404 e. The number of nitrogens with zero attached hydrogens (tertiary/aromatic N) is 4. The molecule has 0 radical (unpaired) electrons. The Labute approximate surface area is 145 Å². The van der Waals surface area contributed by atoms with Gasteiger partial charge in [0.25, 0.3) is 5.91 Å². The van der Waals surface area contributed by atoms with Crippen molar-refractivity contribution in [1.82, 2.24) is 15.5 Å². The smallest absolute Gasteiger partial charge is 0.261 e. The highest BCUT2D eigenvalue weighted by Crippen LogP contribution is 2.42. The number of hydrogen-bond acceptors (Lipinski definition) is 7. The number of anilines is 1. The van der Waals surface area contributed by atoms with Crippen LogP contribution < -0.4 is 16.0 Å². The maximum Gasteiger partial charge on any atom is 0.261 e. The molecule has 1 saturated carbocycles. The fourth-order valence-electron chi connectivity index (χ4n) is 3.30. The average Bonchev–Trinajstić information content (AvgIpc) is 3.32. The van der Waals surface area contributed by atoms with E-state index in [1.165, 1.54) is 19.8 Å². The zero-order chi connectivity index (χ0) is 18.0. The van der Waals surface area contributed by atoms with Gasteiger partial charge in [0.15, 0.2) is 5.69 Å². The van der Waals surface area contributed by atoms with Gasteiger partial charge in [-0.2, -0.15) is 5.26 Å². The lowest BCUT2D eigenvalue weighted by Crippen LogP contribution is -2.30. The zero-order valence-corrected chi connectivity index (χ0v) is 14.0. The summed E-state index contributed by atoms with van der Waals surface area (Å²) in [6.07, 6.45) is 4.76. The summed E-state index contributed by atoms with van der Waals surface area (Å²) in [4.78, 5) is 25.3. The maximum absolute atomic E-state index is 12.1. The van der Waals surface area contributed by atoms with Gasteiger partial charge in [0.2, 0.25) is 5.91 Å². The molecule has 3 N–H and O–H groups in total. The van der Waals surface area contributed by atoms with Gasteiger partial charge >= 0.3 is 0 Å². The molecule has 1 atom stereocenters. The van der Waals surface area contributed by atoms with Gasteiger partial charge in [-0.05, 0) is 37.2 Å². The van der Waals surface area contributed by atoms with E-state index in [1.807, 2.05) is 0 Å². The second-order valence-corrected chi connectivity index (χ2v) is 6.50. The van der Waals surface area contributed by atoms with Gasteiger partial charge < -0.3 is 10.6 Å². The molecule has 1 aliphatic carbocycles. The number of nitrogens with one attached hydrogen (secondary N) is 1. The second-order valence-electron chi connectivity index (χ2n) is 6.50. The summed E-state index contributed by atoms with van der Waals surface area (Å²) in [6.45, 7) is 2.97. The van der Waals surface area contributed by atoms with E-state index in [0.717, 1.165) is 31.6 Å². The summed E-state index contributed by atoms with van der Waals surface area (Å²) in [5, 5.41) is 19.4. The highest BCUT2D eigenvalue weighted by Gasteiger charge is 2.36. The van der Waals surface area contributed by atoms with Crippen LogP contribution in [-0.2, 0) is 9.59 Å². The average molecular weight is 340 g/mol. The first kappa shape index (κ1) is 16.9. The third-order valence-electron chi connectivity index (χ3n) is 4.71.